The van der Waals surface area contributed by atoms with Crippen molar-refractivity contribution in [3.63, 3.8) is 0 Å². The van der Waals surface area contributed by atoms with E-state index in [0.29, 0.717) is 36.5 Å². The van der Waals surface area contributed by atoms with Gasteiger partial charge in [0.25, 0.3) is 11.8 Å². The maximum absolute atomic E-state index is 13.9. The van der Waals surface area contributed by atoms with Gasteiger partial charge in [-0.15, -0.1) is 12.4 Å². The number of likely N-dealkylation sites (N-methyl/N-ethyl adjacent to an activating group) is 1. The Labute approximate surface area is 338 Å². The van der Waals surface area contributed by atoms with E-state index in [0.717, 1.165) is 78.8 Å². The van der Waals surface area contributed by atoms with Gasteiger partial charge in [-0.3, -0.25) is 14.5 Å². The molecule has 0 radical (unpaired) electrons. The largest absolute Gasteiger partial charge is 0.496 e. The molecule has 2 amide bonds. The van der Waals surface area contributed by atoms with Crippen LogP contribution in [0, 0.1) is 0 Å². The third kappa shape index (κ3) is 10.6. The van der Waals surface area contributed by atoms with Crippen LogP contribution in [0.3, 0.4) is 0 Å². The predicted octanol–water partition coefficient (Wildman–Crippen LogP) is 9.88. The van der Waals surface area contributed by atoms with Crippen molar-refractivity contribution in [3.8, 4) is 11.5 Å². The second-order valence-electron chi connectivity index (χ2n) is 13.7. The van der Waals surface area contributed by atoms with Crippen molar-refractivity contribution in [3.05, 3.63) is 116 Å². The maximum Gasteiger partial charge on any atom is 0.458 e. The van der Waals surface area contributed by atoms with Crippen molar-refractivity contribution < 1.29 is 41.0 Å². The summed E-state index contributed by atoms with van der Waals surface area (Å²) >= 11 is 3.46. The first-order valence-electron chi connectivity index (χ1n) is 17.8. The molecule has 6 rings (SSSR count). The minimum atomic E-state index is -5.82. The summed E-state index contributed by atoms with van der Waals surface area (Å²) in [5.74, 6) is -5.99. The van der Waals surface area contributed by atoms with Gasteiger partial charge in [-0.2, -0.15) is 22.0 Å². The van der Waals surface area contributed by atoms with Crippen LogP contribution in [0.1, 0.15) is 69.3 Å². The molecule has 4 aromatic rings. The van der Waals surface area contributed by atoms with Gasteiger partial charge in [0.05, 0.1) is 23.8 Å². The summed E-state index contributed by atoms with van der Waals surface area (Å²) in [6.45, 7) is 10.6. The zero-order valence-electron chi connectivity index (χ0n) is 31.7. The van der Waals surface area contributed by atoms with E-state index in [4.69, 9.17) is 4.74 Å². The van der Waals surface area contributed by atoms with Crippen molar-refractivity contribution in [1.29, 1.82) is 0 Å². The molecule has 8 nitrogen and oxygen atoms in total. The van der Waals surface area contributed by atoms with Crippen LogP contribution in [0.2, 0.25) is 0 Å². The fourth-order valence-electron chi connectivity index (χ4n) is 6.44. The van der Waals surface area contributed by atoms with E-state index >= 15 is 0 Å². The van der Waals surface area contributed by atoms with Crippen LogP contribution in [-0.4, -0.2) is 67.7 Å². The topological polar surface area (TPSA) is 83.1 Å². The first-order valence-corrected chi connectivity index (χ1v) is 18.6. The number of hydrogen-bond acceptors (Lipinski definition) is 6. The molecular formula is C41H45BrClF5N4O4. The molecule has 0 saturated carbocycles. The van der Waals surface area contributed by atoms with E-state index in [1.165, 1.54) is 11.1 Å². The lowest BCUT2D eigenvalue weighted by molar-refractivity contribution is -0.289. The fraction of sp³-hybridized carbons (Fsp3) is 0.366. The summed E-state index contributed by atoms with van der Waals surface area (Å²) in [4.78, 5) is 29.6. The van der Waals surface area contributed by atoms with Crippen LogP contribution < -0.4 is 20.1 Å². The summed E-state index contributed by atoms with van der Waals surface area (Å²) in [6.07, 6.45) is -3.89. The Hall–Kier alpha value is -4.24. The number of carbonyl (C=O) groups is 2. The highest BCUT2D eigenvalue weighted by Crippen LogP contribution is 2.47. The van der Waals surface area contributed by atoms with Crippen molar-refractivity contribution in [2.24, 2.45) is 0 Å². The number of benzene rings is 4. The van der Waals surface area contributed by atoms with Crippen LogP contribution in [0.5, 0.6) is 11.5 Å². The summed E-state index contributed by atoms with van der Waals surface area (Å²) in [5, 5.41) is 5.57. The molecule has 0 aliphatic carbocycles. The molecule has 0 saturated heterocycles. The molecule has 2 N–H and O–H groups in total. The SMILES string of the molecule is CCOc1ccc(C(=O)Nc2ccc3c(c2)CN(C(C)C)CC3)cc1Br.COc1ccc(C(=O)Nc2ccc3c(c2)CN(C)CC3)cc1C(F)(F)C(F)(F)F.Cl. The standard InChI is InChI=1S/C21H25BrN2O2.C20H19F5N2O2.ClH/c1-4-26-20-8-6-16(12-19(20)22)21(25)23-18-7-5-15-9-10-24(14(2)3)13-17(15)11-18;1-27-8-7-12-3-5-15(9-14(12)11-27)26-18(28)13-4-6-17(29-2)16(10-13)19(21,22)20(23,24)25;/h5-8,11-12,14H,4,9-10,13H2,1-3H3,(H,23,25);3-6,9-10H,7-8,11H2,1-2H3,(H,26,28);1H. The van der Waals surface area contributed by atoms with Crippen molar-refractivity contribution >= 4 is 51.5 Å². The van der Waals surface area contributed by atoms with Gasteiger partial charge in [0.2, 0.25) is 0 Å². The van der Waals surface area contributed by atoms with Gasteiger partial charge in [-0.1, -0.05) is 12.1 Å². The minimum Gasteiger partial charge on any atom is -0.496 e. The number of fused-ring (bicyclic) bond motifs is 2. The lowest BCUT2D eigenvalue weighted by Gasteiger charge is -2.32. The molecule has 56 heavy (non-hydrogen) atoms. The van der Waals surface area contributed by atoms with Gasteiger partial charge in [0.1, 0.15) is 11.5 Å². The number of rotatable bonds is 9. The van der Waals surface area contributed by atoms with E-state index < -0.39 is 29.3 Å². The van der Waals surface area contributed by atoms with Crippen LogP contribution in [-0.2, 0) is 31.9 Å². The average molecular weight is 868 g/mol. The highest BCUT2D eigenvalue weighted by Gasteiger charge is 2.60. The van der Waals surface area contributed by atoms with E-state index in [2.05, 4.69) is 67.1 Å². The molecule has 0 spiro atoms. The Morgan fingerprint density at radius 2 is 1.30 bits per heavy atom. The Kier molecular flexibility index (Phi) is 14.9. The summed E-state index contributed by atoms with van der Waals surface area (Å²) in [6, 6.07) is 20.0. The number of carbonyl (C=O) groups excluding carboxylic acids is 2. The molecule has 0 bridgehead atoms. The number of hydrogen-bond donors (Lipinski definition) is 2. The number of anilines is 2. The summed E-state index contributed by atoms with van der Waals surface area (Å²) in [5.41, 5.74) is 4.98. The van der Waals surface area contributed by atoms with Crippen molar-refractivity contribution in [1.82, 2.24) is 9.80 Å². The zero-order chi connectivity index (χ0) is 40.1. The molecule has 0 unspecified atom stereocenters. The van der Waals surface area contributed by atoms with Gasteiger partial charge < -0.3 is 25.0 Å². The Morgan fingerprint density at radius 3 is 1.82 bits per heavy atom. The molecule has 15 heteroatoms. The predicted molar refractivity (Wildman–Crippen MR) is 214 cm³/mol. The fourth-order valence-corrected chi connectivity index (χ4v) is 6.94. The number of nitrogens with one attached hydrogen (secondary N) is 2. The maximum atomic E-state index is 13.9. The minimum absolute atomic E-state index is 0. The van der Waals surface area contributed by atoms with Crippen LogP contribution in [0.25, 0.3) is 0 Å². The van der Waals surface area contributed by atoms with Crippen molar-refractivity contribution in [2.75, 3.05) is 44.5 Å². The van der Waals surface area contributed by atoms with Gasteiger partial charge in [-0.25, -0.2) is 0 Å². The molecule has 4 aromatic carbocycles. The van der Waals surface area contributed by atoms with E-state index in [-0.39, 0.29) is 23.9 Å². The van der Waals surface area contributed by atoms with Gasteiger partial charge in [-0.05, 0) is 140 Å². The van der Waals surface area contributed by atoms with E-state index in [1.54, 1.807) is 24.3 Å². The molecular weight excluding hydrogens is 823 g/mol. The molecule has 0 fully saturated rings. The van der Waals surface area contributed by atoms with Crippen LogP contribution >= 0.6 is 28.3 Å². The van der Waals surface area contributed by atoms with Crippen LogP contribution in [0.4, 0.5) is 33.3 Å². The second kappa shape index (κ2) is 18.8. The zero-order valence-corrected chi connectivity index (χ0v) is 34.1. The number of methoxy groups -OCH3 is 1. The summed E-state index contributed by atoms with van der Waals surface area (Å²) in [7, 11) is 2.95. The first-order chi connectivity index (χ1) is 26.0. The van der Waals surface area contributed by atoms with E-state index in [9.17, 15) is 31.5 Å². The highest BCUT2D eigenvalue weighted by atomic mass is 79.9. The quantitative estimate of drug-likeness (QED) is 0.163. The molecule has 2 aliphatic heterocycles. The number of halogens is 7. The number of ether oxygens (including phenoxy) is 2. The Bertz CT molecular complexity index is 2030. The summed E-state index contributed by atoms with van der Waals surface area (Å²) < 4.78 is 77.0. The third-order valence-electron chi connectivity index (χ3n) is 9.55. The number of alkyl halides is 5. The van der Waals surface area contributed by atoms with Crippen LogP contribution in [0.15, 0.2) is 77.3 Å². The normalized spacial score (nSPS) is 14.4. The molecule has 2 aliphatic rings. The smallest absolute Gasteiger partial charge is 0.458 e. The van der Waals surface area contributed by atoms with E-state index in [1.807, 2.05) is 32.2 Å². The lowest BCUT2D eigenvalue weighted by atomic mass is 9.98. The Balaban J connectivity index is 0.000000246. The van der Waals surface area contributed by atoms with Gasteiger partial charge in [0.15, 0.2) is 0 Å². The lowest BCUT2D eigenvalue weighted by Crippen LogP contribution is -2.35. The molecule has 2 heterocycles. The highest BCUT2D eigenvalue weighted by molar-refractivity contribution is 9.10. The van der Waals surface area contributed by atoms with Gasteiger partial charge >= 0.3 is 12.1 Å². The molecule has 0 aromatic heterocycles. The Morgan fingerprint density at radius 1 is 0.768 bits per heavy atom. The molecule has 0 atom stereocenters. The van der Waals surface area contributed by atoms with Crippen molar-refractivity contribution in [2.45, 2.75) is 64.8 Å². The average Bonchev–Trinajstić information content (AvgIpc) is 3.14. The second-order valence-corrected chi connectivity index (χ2v) is 14.6. The van der Waals surface area contributed by atoms with Gasteiger partial charge in [0, 0.05) is 54.7 Å². The number of amides is 2. The number of nitrogens with zero attached hydrogens (tertiary/aromatic N) is 2. The first kappa shape index (κ1) is 44.5. The third-order valence-corrected chi connectivity index (χ3v) is 10.2. The monoisotopic (exact) mass is 866 g/mol. The molecule has 302 valence electrons.